The molecule has 0 atom stereocenters. The minimum Gasteiger partial charge on any atom is -0.462 e. The first-order chi connectivity index (χ1) is 14.6. The number of hydrogen-bond acceptors (Lipinski definition) is 4. The molecule has 0 saturated carbocycles. The van der Waals surface area contributed by atoms with Crippen LogP contribution in [0.4, 0.5) is 0 Å². The first kappa shape index (κ1) is 19.6. The second-order valence-corrected chi connectivity index (χ2v) is 6.89. The fraction of sp³-hybridized carbons (Fsp3) is 0.154. The predicted molar refractivity (Wildman–Crippen MR) is 118 cm³/mol. The standard InChI is InChI=1S/C26H22O4/c1-3-29-25(27)23-16-24(26(28)30-4-2)22-15-13-18(12-14-21(22)23)20-11-7-9-17-8-5-6-10-19(17)20/h5-16H,3-4H2,1-2H3. The van der Waals surface area contributed by atoms with Crippen molar-refractivity contribution < 1.29 is 19.1 Å². The van der Waals surface area contributed by atoms with Gasteiger partial charge in [0.25, 0.3) is 0 Å². The highest BCUT2D eigenvalue weighted by Crippen LogP contribution is 2.36. The predicted octanol–water partition coefficient (Wildman–Crippen LogP) is 5.97. The Bertz CT molecular complexity index is 1150. The Balaban J connectivity index is 1.91. The highest BCUT2D eigenvalue weighted by atomic mass is 16.5. The summed E-state index contributed by atoms with van der Waals surface area (Å²) in [4.78, 5) is 25.0. The van der Waals surface area contributed by atoms with E-state index in [-0.39, 0.29) is 13.2 Å². The molecule has 2 aliphatic rings. The Morgan fingerprint density at radius 1 is 0.667 bits per heavy atom. The molecule has 2 aliphatic carbocycles. The zero-order valence-electron chi connectivity index (χ0n) is 17.0. The molecule has 0 aromatic heterocycles. The van der Waals surface area contributed by atoms with Gasteiger partial charge in [0.05, 0.1) is 24.3 Å². The zero-order valence-corrected chi connectivity index (χ0v) is 17.0. The van der Waals surface area contributed by atoms with E-state index >= 15 is 0 Å². The fourth-order valence-electron chi connectivity index (χ4n) is 3.76. The molecule has 4 rings (SSSR count). The van der Waals surface area contributed by atoms with E-state index in [9.17, 15) is 9.59 Å². The molecule has 0 bridgehead atoms. The van der Waals surface area contributed by atoms with E-state index in [1.54, 1.807) is 19.9 Å². The summed E-state index contributed by atoms with van der Waals surface area (Å²) in [5.74, 6) is -0.896. The average Bonchev–Trinajstić information content (AvgIpc) is 2.99. The Hall–Kier alpha value is -3.66. The largest absolute Gasteiger partial charge is 0.462 e. The fourth-order valence-corrected chi connectivity index (χ4v) is 3.76. The quantitative estimate of drug-likeness (QED) is 0.389. The summed E-state index contributed by atoms with van der Waals surface area (Å²) in [6, 6.07) is 23.6. The highest BCUT2D eigenvalue weighted by Gasteiger charge is 2.25. The number of benzene rings is 2. The maximum absolute atomic E-state index is 12.5. The zero-order chi connectivity index (χ0) is 21.1. The van der Waals surface area contributed by atoms with Crippen LogP contribution in [0.15, 0.2) is 72.8 Å². The molecule has 0 amide bonds. The van der Waals surface area contributed by atoms with Crippen LogP contribution in [0.5, 0.6) is 0 Å². The van der Waals surface area contributed by atoms with Crippen molar-refractivity contribution in [3.63, 3.8) is 0 Å². The number of carbonyl (C=O) groups excluding carboxylic acids is 2. The lowest BCUT2D eigenvalue weighted by molar-refractivity contribution is 0.0525. The van der Waals surface area contributed by atoms with Crippen LogP contribution >= 0.6 is 0 Å². The van der Waals surface area contributed by atoms with Gasteiger partial charge in [-0.2, -0.15) is 0 Å². The number of rotatable bonds is 5. The van der Waals surface area contributed by atoms with Gasteiger partial charge in [0.2, 0.25) is 0 Å². The van der Waals surface area contributed by atoms with Crippen LogP contribution in [-0.4, -0.2) is 25.2 Å². The van der Waals surface area contributed by atoms with Crippen LogP contribution in [0.25, 0.3) is 33.0 Å². The van der Waals surface area contributed by atoms with Crippen LogP contribution in [0, 0.1) is 0 Å². The van der Waals surface area contributed by atoms with Gasteiger partial charge in [0.1, 0.15) is 0 Å². The van der Waals surface area contributed by atoms with E-state index in [2.05, 4.69) is 24.3 Å². The number of ether oxygens (including phenoxy) is 2. The molecule has 4 nitrogen and oxygen atoms in total. The SMILES string of the molecule is CCOC(=O)c1cc(C(=O)OCC)c2ccc(-c3cccc4ccccc34)ccc1-2. The summed E-state index contributed by atoms with van der Waals surface area (Å²) in [5.41, 5.74) is 4.16. The molecule has 150 valence electrons. The molecule has 2 aromatic rings. The molecule has 0 N–H and O–H groups in total. The Labute approximate surface area is 175 Å². The lowest BCUT2D eigenvalue weighted by Gasteiger charge is -2.05. The smallest absolute Gasteiger partial charge is 0.338 e. The third kappa shape index (κ3) is 3.52. The van der Waals surface area contributed by atoms with Crippen LogP contribution in [-0.2, 0) is 9.47 Å². The summed E-state index contributed by atoms with van der Waals surface area (Å²) < 4.78 is 10.4. The second kappa shape index (κ2) is 8.37. The molecule has 4 heteroatoms. The van der Waals surface area contributed by atoms with Crippen molar-refractivity contribution in [1.29, 1.82) is 0 Å². The number of fused-ring (bicyclic) bond motifs is 2. The van der Waals surface area contributed by atoms with Crippen molar-refractivity contribution in [3.05, 3.63) is 83.9 Å². The third-order valence-electron chi connectivity index (χ3n) is 5.11. The van der Waals surface area contributed by atoms with Gasteiger partial charge in [-0.1, -0.05) is 66.7 Å². The van der Waals surface area contributed by atoms with Crippen LogP contribution in [0.1, 0.15) is 34.6 Å². The first-order valence-corrected chi connectivity index (χ1v) is 10.0. The summed E-state index contributed by atoms with van der Waals surface area (Å²) in [6.45, 7) is 4.04. The summed E-state index contributed by atoms with van der Waals surface area (Å²) in [6.07, 6.45) is 0. The van der Waals surface area contributed by atoms with Gasteiger partial charge < -0.3 is 9.47 Å². The van der Waals surface area contributed by atoms with Gasteiger partial charge >= 0.3 is 11.9 Å². The van der Waals surface area contributed by atoms with Crippen LogP contribution in [0.3, 0.4) is 0 Å². The molecule has 0 fully saturated rings. The van der Waals surface area contributed by atoms with Gasteiger partial charge in [-0.15, -0.1) is 0 Å². The van der Waals surface area contributed by atoms with Crippen molar-refractivity contribution >= 4 is 22.7 Å². The minimum atomic E-state index is -0.448. The van der Waals surface area contributed by atoms with Crippen molar-refractivity contribution in [2.45, 2.75) is 13.8 Å². The summed E-state index contributed by atoms with van der Waals surface area (Å²) >= 11 is 0. The molecule has 30 heavy (non-hydrogen) atoms. The van der Waals surface area contributed by atoms with E-state index in [0.717, 1.165) is 21.9 Å². The number of carbonyl (C=O) groups is 2. The normalized spacial score (nSPS) is 10.9. The van der Waals surface area contributed by atoms with Crippen LogP contribution < -0.4 is 0 Å². The maximum atomic E-state index is 12.5. The molecule has 0 radical (unpaired) electrons. The Morgan fingerprint density at radius 3 is 1.83 bits per heavy atom. The van der Waals surface area contributed by atoms with E-state index in [4.69, 9.17) is 9.47 Å². The van der Waals surface area contributed by atoms with Crippen molar-refractivity contribution in [1.82, 2.24) is 0 Å². The van der Waals surface area contributed by atoms with E-state index in [1.165, 1.54) is 0 Å². The van der Waals surface area contributed by atoms with Crippen LogP contribution in [0.2, 0.25) is 0 Å². The molecule has 2 aromatic carbocycles. The third-order valence-corrected chi connectivity index (χ3v) is 5.11. The molecule has 0 aliphatic heterocycles. The van der Waals surface area contributed by atoms with Gasteiger partial charge in [-0.05, 0) is 52.9 Å². The molecular formula is C26H22O4. The molecule has 0 unspecified atom stereocenters. The second-order valence-electron chi connectivity index (χ2n) is 6.89. The first-order valence-electron chi connectivity index (χ1n) is 10.0. The van der Waals surface area contributed by atoms with Gasteiger partial charge in [0, 0.05) is 0 Å². The molecular weight excluding hydrogens is 376 g/mol. The Kier molecular flexibility index (Phi) is 5.48. The lowest BCUT2D eigenvalue weighted by Crippen LogP contribution is -2.05. The topological polar surface area (TPSA) is 52.6 Å². The minimum absolute atomic E-state index is 0.264. The number of esters is 2. The maximum Gasteiger partial charge on any atom is 0.338 e. The van der Waals surface area contributed by atoms with Crippen molar-refractivity contribution in [2.75, 3.05) is 13.2 Å². The monoisotopic (exact) mass is 398 g/mol. The van der Waals surface area contributed by atoms with Gasteiger partial charge in [0.15, 0.2) is 0 Å². The van der Waals surface area contributed by atoms with Crippen molar-refractivity contribution in [2.24, 2.45) is 0 Å². The molecule has 0 saturated heterocycles. The lowest BCUT2D eigenvalue weighted by atomic mass is 9.99. The summed E-state index contributed by atoms with van der Waals surface area (Å²) in [5, 5.41) is 2.29. The number of hydrogen-bond donors (Lipinski definition) is 0. The van der Waals surface area contributed by atoms with Crippen molar-refractivity contribution in [3.8, 4) is 22.3 Å². The van der Waals surface area contributed by atoms with E-state index in [1.807, 2.05) is 42.5 Å². The Morgan fingerprint density at radius 2 is 1.23 bits per heavy atom. The van der Waals surface area contributed by atoms with E-state index < -0.39 is 11.9 Å². The van der Waals surface area contributed by atoms with Gasteiger partial charge in [-0.3, -0.25) is 0 Å². The molecule has 0 heterocycles. The highest BCUT2D eigenvalue weighted by molar-refractivity contribution is 6.08. The van der Waals surface area contributed by atoms with E-state index in [0.29, 0.717) is 22.3 Å². The summed E-state index contributed by atoms with van der Waals surface area (Å²) in [7, 11) is 0. The van der Waals surface area contributed by atoms with Gasteiger partial charge in [-0.25, -0.2) is 9.59 Å². The average molecular weight is 398 g/mol. The molecule has 0 spiro atoms.